The largest absolute Gasteiger partial charge is 0.455 e. The van der Waals surface area contributed by atoms with Gasteiger partial charge in [-0.25, -0.2) is 9.78 Å². The molecule has 0 unspecified atom stereocenters. The maximum atomic E-state index is 11.2. The summed E-state index contributed by atoms with van der Waals surface area (Å²) in [6.45, 7) is 5.46. The molecule has 0 N–H and O–H groups in total. The van der Waals surface area contributed by atoms with Crippen molar-refractivity contribution in [3.05, 3.63) is 16.6 Å². The Labute approximate surface area is 75.4 Å². The van der Waals surface area contributed by atoms with Gasteiger partial charge in [-0.2, -0.15) is 0 Å². The Morgan fingerprint density at radius 1 is 1.67 bits per heavy atom. The van der Waals surface area contributed by atoms with E-state index in [0.717, 1.165) is 0 Å². The predicted octanol–water partition coefficient (Wildman–Crippen LogP) is 1.90. The zero-order chi connectivity index (χ0) is 9.19. The zero-order valence-corrected chi connectivity index (χ0v) is 8.07. The highest BCUT2D eigenvalue weighted by molar-refractivity contribution is 7.07. The second-order valence-electron chi connectivity index (χ2n) is 3.33. The normalized spacial score (nSPS) is 11.2. The summed E-state index contributed by atoms with van der Waals surface area (Å²) >= 11 is 1.26. The second-order valence-corrected chi connectivity index (χ2v) is 3.98. The summed E-state index contributed by atoms with van der Waals surface area (Å²) in [6.07, 6.45) is 0. The maximum Gasteiger partial charge on any atom is 0.358 e. The molecule has 0 aliphatic heterocycles. The molecule has 0 saturated carbocycles. The van der Waals surface area contributed by atoms with Crippen molar-refractivity contribution in [1.29, 1.82) is 0 Å². The van der Waals surface area contributed by atoms with Gasteiger partial charge in [0.15, 0.2) is 11.2 Å². The Morgan fingerprint density at radius 3 is 2.75 bits per heavy atom. The van der Waals surface area contributed by atoms with Gasteiger partial charge in [-0.15, -0.1) is 11.3 Å². The average molecular weight is 184 g/mol. The molecule has 0 bridgehead atoms. The van der Waals surface area contributed by atoms with Crippen LogP contribution in [0.1, 0.15) is 31.3 Å². The van der Waals surface area contributed by atoms with Gasteiger partial charge in [-0.05, 0) is 20.8 Å². The average Bonchev–Trinajstić information content (AvgIpc) is 2.32. The monoisotopic (exact) mass is 184 g/mol. The van der Waals surface area contributed by atoms with Gasteiger partial charge in [-0.1, -0.05) is 0 Å². The lowest BCUT2D eigenvalue weighted by molar-refractivity contribution is 0.00637. The van der Waals surface area contributed by atoms with Crippen LogP contribution in [0.25, 0.3) is 0 Å². The van der Waals surface area contributed by atoms with Crippen molar-refractivity contribution in [2.75, 3.05) is 0 Å². The molecule has 1 rings (SSSR count). The molecule has 0 saturated heterocycles. The fourth-order valence-corrected chi connectivity index (χ4v) is 1.07. The van der Waals surface area contributed by atoms with Gasteiger partial charge in [0.2, 0.25) is 0 Å². The number of hydrogen-bond donors (Lipinski definition) is 0. The zero-order valence-electron chi connectivity index (χ0n) is 7.25. The van der Waals surface area contributed by atoms with Crippen molar-refractivity contribution in [2.45, 2.75) is 26.4 Å². The third-order valence-corrected chi connectivity index (χ3v) is 1.54. The van der Waals surface area contributed by atoms with Crippen LogP contribution in [-0.2, 0) is 4.74 Å². The molecule has 0 fully saturated rings. The van der Waals surface area contributed by atoms with Crippen LogP contribution in [0, 0.1) is 5.51 Å². The summed E-state index contributed by atoms with van der Waals surface area (Å²) in [5.41, 5.74) is 2.46. The Kier molecular flexibility index (Phi) is 2.47. The third kappa shape index (κ3) is 2.62. The molecule has 0 amide bonds. The van der Waals surface area contributed by atoms with Crippen molar-refractivity contribution in [1.82, 2.24) is 4.98 Å². The molecular weight excluding hydrogens is 174 g/mol. The summed E-state index contributed by atoms with van der Waals surface area (Å²) in [5.74, 6) is -0.389. The number of thiazole rings is 1. The first kappa shape index (κ1) is 9.19. The van der Waals surface area contributed by atoms with Gasteiger partial charge in [0, 0.05) is 5.38 Å². The van der Waals surface area contributed by atoms with E-state index in [0.29, 0.717) is 5.69 Å². The fourth-order valence-electron chi connectivity index (χ4n) is 0.608. The molecule has 0 aliphatic carbocycles. The highest BCUT2D eigenvalue weighted by atomic mass is 32.1. The first-order chi connectivity index (χ1) is 5.49. The van der Waals surface area contributed by atoms with Gasteiger partial charge < -0.3 is 4.74 Å². The minimum absolute atomic E-state index is 0.329. The fraction of sp³-hybridized carbons (Fsp3) is 0.500. The molecule has 1 aromatic rings. The molecule has 0 atom stereocenters. The first-order valence-electron chi connectivity index (χ1n) is 3.54. The quantitative estimate of drug-likeness (QED) is 0.626. The van der Waals surface area contributed by atoms with E-state index in [9.17, 15) is 4.79 Å². The summed E-state index contributed by atoms with van der Waals surface area (Å²) in [5, 5.41) is 1.62. The van der Waals surface area contributed by atoms with E-state index in [1.807, 2.05) is 20.8 Å². The smallest absolute Gasteiger partial charge is 0.358 e. The van der Waals surface area contributed by atoms with Crippen LogP contribution in [0.3, 0.4) is 0 Å². The third-order valence-electron chi connectivity index (χ3n) is 0.997. The first-order valence-corrected chi connectivity index (χ1v) is 4.42. The highest BCUT2D eigenvalue weighted by Crippen LogP contribution is 2.11. The lowest BCUT2D eigenvalue weighted by atomic mass is 10.2. The van der Waals surface area contributed by atoms with Crippen LogP contribution in [-0.4, -0.2) is 16.6 Å². The van der Waals surface area contributed by atoms with E-state index in [4.69, 9.17) is 4.74 Å². The molecule has 1 radical (unpaired) electrons. The van der Waals surface area contributed by atoms with Crippen LogP contribution in [0.15, 0.2) is 5.38 Å². The Morgan fingerprint density at radius 2 is 2.33 bits per heavy atom. The minimum Gasteiger partial charge on any atom is -0.455 e. The van der Waals surface area contributed by atoms with Crippen molar-refractivity contribution >= 4 is 17.3 Å². The predicted molar refractivity (Wildman–Crippen MR) is 46.1 cm³/mol. The van der Waals surface area contributed by atoms with E-state index < -0.39 is 5.60 Å². The Bertz CT molecular complexity index is 261. The van der Waals surface area contributed by atoms with Gasteiger partial charge >= 0.3 is 5.97 Å². The molecule has 3 nitrogen and oxygen atoms in total. The number of aromatic nitrogens is 1. The van der Waals surface area contributed by atoms with Crippen molar-refractivity contribution in [2.24, 2.45) is 0 Å². The van der Waals surface area contributed by atoms with E-state index in [1.54, 1.807) is 5.38 Å². The van der Waals surface area contributed by atoms with Gasteiger partial charge in [0.1, 0.15) is 5.60 Å². The number of esters is 1. The van der Waals surface area contributed by atoms with Gasteiger partial charge in [0.05, 0.1) is 0 Å². The van der Waals surface area contributed by atoms with Crippen LogP contribution < -0.4 is 0 Å². The highest BCUT2D eigenvalue weighted by Gasteiger charge is 2.18. The van der Waals surface area contributed by atoms with E-state index in [1.165, 1.54) is 11.3 Å². The molecule has 1 heterocycles. The lowest BCUT2D eigenvalue weighted by Gasteiger charge is -2.18. The Hall–Kier alpha value is -0.900. The van der Waals surface area contributed by atoms with E-state index in [2.05, 4.69) is 10.5 Å². The molecule has 0 aromatic carbocycles. The number of nitrogens with zero attached hydrogens (tertiary/aromatic N) is 1. The topological polar surface area (TPSA) is 39.2 Å². The Balaban J connectivity index is 2.63. The van der Waals surface area contributed by atoms with Crippen LogP contribution >= 0.6 is 11.3 Å². The van der Waals surface area contributed by atoms with Gasteiger partial charge in [0.25, 0.3) is 0 Å². The number of carbonyl (C=O) groups is 1. The molecule has 1 aromatic heterocycles. The summed E-state index contributed by atoms with van der Waals surface area (Å²) in [4.78, 5) is 14.9. The van der Waals surface area contributed by atoms with Gasteiger partial charge in [-0.3, -0.25) is 0 Å². The maximum absolute atomic E-state index is 11.2. The summed E-state index contributed by atoms with van der Waals surface area (Å²) < 4.78 is 5.07. The number of hydrogen-bond acceptors (Lipinski definition) is 4. The molecule has 0 spiro atoms. The summed E-state index contributed by atoms with van der Waals surface area (Å²) in [6, 6.07) is 0. The lowest BCUT2D eigenvalue weighted by Crippen LogP contribution is -2.23. The van der Waals surface area contributed by atoms with Crippen molar-refractivity contribution in [3.8, 4) is 0 Å². The molecule has 65 valence electrons. The van der Waals surface area contributed by atoms with Crippen LogP contribution in [0.5, 0.6) is 0 Å². The molecular formula is C8H10NO2S. The second kappa shape index (κ2) is 3.23. The minimum atomic E-state index is -0.458. The van der Waals surface area contributed by atoms with Crippen molar-refractivity contribution < 1.29 is 9.53 Å². The SMILES string of the molecule is CC(C)(C)OC(=O)c1cs[c]n1. The van der Waals surface area contributed by atoms with E-state index in [-0.39, 0.29) is 5.97 Å². The molecule has 12 heavy (non-hydrogen) atoms. The van der Waals surface area contributed by atoms with Crippen molar-refractivity contribution in [3.63, 3.8) is 0 Å². The summed E-state index contributed by atoms with van der Waals surface area (Å²) in [7, 11) is 0. The van der Waals surface area contributed by atoms with Crippen LogP contribution in [0.4, 0.5) is 0 Å². The number of carbonyl (C=O) groups excluding carboxylic acids is 1. The van der Waals surface area contributed by atoms with E-state index >= 15 is 0 Å². The molecule has 0 aliphatic rings. The molecule has 4 heteroatoms. The standard InChI is InChI=1S/C8H10NO2S/c1-8(2,3)11-7(10)6-4-12-5-9-6/h4H,1-3H3. The van der Waals surface area contributed by atoms with Crippen LogP contribution in [0.2, 0.25) is 0 Å². The number of ether oxygens (including phenoxy) is 1. The number of rotatable bonds is 1.